The predicted octanol–water partition coefficient (Wildman–Crippen LogP) is 3.51. The van der Waals surface area contributed by atoms with Gasteiger partial charge in [-0.05, 0) is 42.8 Å². The minimum absolute atomic E-state index is 0.115. The summed E-state index contributed by atoms with van der Waals surface area (Å²) in [5, 5.41) is 0.561. The number of rotatable bonds is 2. The van der Waals surface area contributed by atoms with Crippen molar-refractivity contribution in [3.05, 3.63) is 58.6 Å². The topological polar surface area (TPSA) is 46.3 Å². The van der Waals surface area contributed by atoms with Crippen LogP contribution in [0, 0.1) is 6.92 Å². The van der Waals surface area contributed by atoms with Gasteiger partial charge in [0, 0.05) is 18.3 Å². The summed E-state index contributed by atoms with van der Waals surface area (Å²) in [6.45, 7) is 1.92. The number of carbonyl (C=O) groups excluding carboxylic acids is 1. The number of benzene rings is 2. The van der Waals surface area contributed by atoms with Crippen molar-refractivity contribution in [1.82, 2.24) is 0 Å². The van der Waals surface area contributed by atoms with Crippen molar-refractivity contribution < 1.29 is 4.79 Å². The molecule has 1 amide bonds. The number of anilines is 2. The van der Waals surface area contributed by atoms with Gasteiger partial charge in [-0.25, -0.2) is 0 Å². The van der Waals surface area contributed by atoms with Crippen molar-refractivity contribution in [3.63, 3.8) is 0 Å². The maximum absolute atomic E-state index is 12.4. The summed E-state index contributed by atoms with van der Waals surface area (Å²) in [4.78, 5) is 13.9. The van der Waals surface area contributed by atoms with Crippen molar-refractivity contribution in [3.8, 4) is 0 Å². The zero-order valence-electron chi connectivity index (χ0n) is 10.9. The molecule has 0 fully saturated rings. The van der Waals surface area contributed by atoms with Crippen LogP contribution in [0.3, 0.4) is 0 Å². The van der Waals surface area contributed by atoms with Gasteiger partial charge in [-0.3, -0.25) is 4.79 Å². The molecule has 0 bridgehead atoms. The van der Waals surface area contributed by atoms with Crippen LogP contribution >= 0.6 is 11.6 Å². The summed E-state index contributed by atoms with van der Waals surface area (Å²) in [7, 11) is 1.72. The zero-order valence-corrected chi connectivity index (χ0v) is 11.6. The van der Waals surface area contributed by atoms with Gasteiger partial charge in [-0.1, -0.05) is 23.7 Å². The first-order valence-corrected chi connectivity index (χ1v) is 6.27. The highest BCUT2D eigenvalue weighted by Gasteiger charge is 2.17. The molecule has 2 rings (SSSR count). The number of para-hydroxylation sites is 1. The Hall–Kier alpha value is -2.00. The predicted molar refractivity (Wildman–Crippen MR) is 79.8 cm³/mol. The number of halogens is 1. The smallest absolute Gasteiger partial charge is 0.258 e. The first kappa shape index (κ1) is 13.4. The summed E-state index contributed by atoms with van der Waals surface area (Å²) in [5.74, 6) is -0.115. The fourth-order valence-electron chi connectivity index (χ4n) is 1.97. The number of aryl methyl sites for hydroxylation is 1. The average Bonchev–Trinajstić information content (AvgIpc) is 2.38. The Labute approximate surface area is 117 Å². The van der Waals surface area contributed by atoms with E-state index in [2.05, 4.69) is 0 Å². The molecule has 0 aliphatic carbocycles. The number of nitrogens with two attached hydrogens (primary N) is 1. The first-order chi connectivity index (χ1) is 9.00. The summed E-state index contributed by atoms with van der Waals surface area (Å²) in [6, 6.07) is 12.4. The van der Waals surface area contributed by atoms with Crippen LogP contribution in [0.15, 0.2) is 42.5 Å². The van der Waals surface area contributed by atoms with E-state index in [1.807, 2.05) is 19.1 Å². The molecule has 2 aromatic rings. The Morgan fingerprint density at radius 3 is 2.37 bits per heavy atom. The quantitative estimate of drug-likeness (QED) is 0.852. The Kier molecular flexibility index (Phi) is 3.76. The molecule has 0 atom stereocenters. The van der Waals surface area contributed by atoms with Gasteiger partial charge >= 0.3 is 0 Å². The van der Waals surface area contributed by atoms with Crippen LogP contribution in [0.2, 0.25) is 5.02 Å². The Bertz CT molecular complexity index is 588. The van der Waals surface area contributed by atoms with E-state index in [9.17, 15) is 4.79 Å². The normalized spacial score (nSPS) is 10.3. The van der Waals surface area contributed by atoms with E-state index in [1.54, 1.807) is 42.3 Å². The van der Waals surface area contributed by atoms with Gasteiger partial charge in [-0.2, -0.15) is 0 Å². The molecule has 0 aliphatic heterocycles. The lowest BCUT2D eigenvalue weighted by Crippen LogP contribution is -2.27. The maximum Gasteiger partial charge on any atom is 0.258 e. The molecule has 2 aromatic carbocycles. The second-order valence-corrected chi connectivity index (χ2v) is 4.80. The fourth-order valence-corrected chi connectivity index (χ4v) is 2.32. The van der Waals surface area contributed by atoms with Crippen LogP contribution < -0.4 is 10.6 Å². The average molecular weight is 275 g/mol. The number of amides is 1. The monoisotopic (exact) mass is 274 g/mol. The van der Waals surface area contributed by atoms with Crippen LogP contribution in [0.5, 0.6) is 0 Å². The molecule has 0 saturated carbocycles. The molecule has 0 radical (unpaired) electrons. The summed E-state index contributed by atoms with van der Waals surface area (Å²) < 4.78 is 0. The second-order valence-electron chi connectivity index (χ2n) is 4.39. The third-order valence-corrected chi connectivity index (χ3v) is 3.29. The number of carbonyl (C=O) groups is 1. The van der Waals surface area contributed by atoms with Gasteiger partial charge in [0.2, 0.25) is 0 Å². The number of hydrogen-bond acceptors (Lipinski definition) is 2. The fraction of sp³-hybridized carbons (Fsp3) is 0.133. The SMILES string of the molecule is Cc1cccc(Cl)c1N(C)C(=O)c1ccc(N)cc1. The lowest BCUT2D eigenvalue weighted by atomic mass is 10.1. The minimum atomic E-state index is -0.115. The van der Waals surface area contributed by atoms with Gasteiger partial charge in [0.1, 0.15) is 0 Å². The molecular formula is C15H15ClN2O. The lowest BCUT2D eigenvalue weighted by molar-refractivity contribution is 0.0993. The van der Waals surface area contributed by atoms with Crippen molar-refractivity contribution in [2.45, 2.75) is 6.92 Å². The molecule has 0 saturated heterocycles. The third-order valence-electron chi connectivity index (χ3n) is 2.99. The van der Waals surface area contributed by atoms with Crippen LogP contribution in [0.25, 0.3) is 0 Å². The van der Waals surface area contributed by atoms with E-state index in [1.165, 1.54) is 0 Å². The van der Waals surface area contributed by atoms with E-state index in [0.29, 0.717) is 16.3 Å². The van der Waals surface area contributed by atoms with Crippen molar-refractivity contribution in [1.29, 1.82) is 0 Å². The second kappa shape index (κ2) is 5.33. The standard InChI is InChI=1S/C15H15ClN2O/c1-10-4-3-5-13(16)14(10)18(2)15(19)11-6-8-12(17)9-7-11/h3-9H,17H2,1-2H3. The number of nitrogens with zero attached hydrogens (tertiary/aromatic N) is 1. The maximum atomic E-state index is 12.4. The van der Waals surface area contributed by atoms with Crippen LogP contribution in [0.1, 0.15) is 15.9 Å². The van der Waals surface area contributed by atoms with Gasteiger partial charge in [0.25, 0.3) is 5.91 Å². The molecule has 0 aliphatic rings. The Balaban J connectivity index is 2.36. The Morgan fingerprint density at radius 1 is 1.16 bits per heavy atom. The van der Waals surface area contributed by atoms with Gasteiger partial charge in [0.15, 0.2) is 0 Å². The van der Waals surface area contributed by atoms with E-state index in [0.717, 1.165) is 11.3 Å². The van der Waals surface area contributed by atoms with Crippen molar-refractivity contribution in [2.75, 3.05) is 17.7 Å². The summed E-state index contributed by atoms with van der Waals surface area (Å²) >= 11 is 6.17. The molecule has 0 spiro atoms. The first-order valence-electron chi connectivity index (χ1n) is 5.89. The van der Waals surface area contributed by atoms with Crippen LogP contribution in [0.4, 0.5) is 11.4 Å². The van der Waals surface area contributed by atoms with Crippen molar-refractivity contribution in [2.24, 2.45) is 0 Å². The Morgan fingerprint density at radius 2 is 1.79 bits per heavy atom. The van der Waals surface area contributed by atoms with E-state index < -0.39 is 0 Å². The van der Waals surface area contributed by atoms with Gasteiger partial charge in [-0.15, -0.1) is 0 Å². The molecule has 19 heavy (non-hydrogen) atoms. The molecular weight excluding hydrogens is 260 g/mol. The number of nitrogen functional groups attached to an aromatic ring is 1. The summed E-state index contributed by atoms with van der Waals surface area (Å²) in [6.07, 6.45) is 0. The highest BCUT2D eigenvalue weighted by Crippen LogP contribution is 2.29. The third kappa shape index (κ3) is 2.71. The molecule has 98 valence electrons. The summed E-state index contributed by atoms with van der Waals surface area (Å²) in [5.41, 5.74) is 8.51. The van der Waals surface area contributed by atoms with E-state index in [-0.39, 0.29) is 5.91 Å². The molecule has 0 aromatic heterocycles. The van der Waals surface area contributed by atoms with Gasteiger partial charge < -0.3 is 10.6 Å². The van der Waals surface area contributed by atoms with Crippen LogP contribution in [-0.2, 0) is 0 Å². The highest BCUT2D eigenvalue weighted by atomic mass is 35.5. The van der Waals surface area contributed by atoms with E-state index >= 15 is 0 Å². The van der Waals surface area contributed by atoms with Crippen LogP contribution in [-0.4, -0.2) is 13.0 Å². The molecule has 0 heterocycles. The van der Waals surface area contributed by atoms with Gasteiger partial charge in [0.05, 0.1) is 10.7 Å². The largest absolute Gasteiger partial charge is 0.399 e. The highest BCUT2D eigenvalue weighted by molar-refractivity contribution is 6.34. The molecule has 3 nitrogen and oxygen atoms in total. The molecule has 4 heteroatoms. The van der Waals surface area contributed by atoms with E-state index in [4.69, 9.17) is 17.3 Å². The number of hydrogen-bond donors (Lipinski definition) is 1. The zero-order chi connectivity index (χ0) is 14.0. The lowest BCUT2D eigenvalue weighted by Gasteiger charge is -2.21. The minimum Gasteiger partial charge on any atom is -0.399 e. The molecule has 0 unspecified atom stereocenters. The molecule has 2 N–H and O–H groups in total. The van der Waals surface area contributed by atoms with Crippen molar-refractivity contribution >= 4 is 28.9 Å².